The van der Waals surface area contributed by atoms with Crippen LogP contribution in [0.3, 0.4) is 0 Å². The lowest BCUT2D eigenvalue weighted by Crippen LogP contribution is -2.43. The lowest BCUT2D eigenvalue weighted by Gasteiger charge is -2.29. The smallest absolute Gasteiger partial charge is 0.140 e. The summed E-state index contributed by atoms with van der Waals surface area (Å²) < 4.78 is 5.49. The fraction of sp³-hybridized carbons (Fsp3) is 0.500. The predicted molar refractivity (Wildman–Crippen MR) is 83.5 cm³/mol. The number of nitrogens with one attached hydrogen (secondary N) is 1. The first kappa shape index (κ1) is 14.0. The van der Waals surface area contributed by atoms with Gasteiger partial charge in [-0.1, -0.05) is 29.4 Å². The quantitative estimate of drug-likeness (QED) is 0.910. The van der Waals surface area contributed by atoms with Crippen LogP contribution < -0.4 is 5.32 Å². The first-order valence-electron chi connectivity index (χ1n) is 8.23. The summed E-state index contributed by atoms with van der Waals surface area (Å²) in [5.74, 6) is 1.06. The number of aliphatic hydroxyl groups excluding tert-OH is 1. The molecule has 1 unspecified atom stereocenters. The molecule has 0 saturated carbocycles. The molecule has 2 aliphatic carbocycles. The van der Waals surface area contributed by atoms with Crippen molar-refractivity contribution < 1.29 is 9.63 Å². The molecular formula is C18H22N2O2. The lowest BCUT2D eigenvalue weighted by molar-refractivity contribution is 0.158. The van der Waals surface area contributed by atoms with Crippen LogP contribution in [0.25, 0.3) is 0 Å². The van der Waals surface area contributed by atoms with Crippen molar-refractivity contribution in [2.45, 2.75) is 50.6 Å². The molecule has 1 heterocycles. The lowest BCUT2D eigenvalue weighted by atomic mass is 9.92. The summed E-state index contributed by atoms with van der Waals surface area (Å²) in [5.41, 5.74) is 4.54. The molecule has 1 atom stereocenters. The van der Waals surface area contributed by atoms with E-state index < -0.39 is 0 Å². The average molecular weight is 298 g/mol. The van der Waals surface area contributed by atoms with Crippen LogP contribution in [0.15, 0.2) is 28.8 Å². The van der Waals surface area contributed by atoms with E-state index >= 15 is 0 Å². The minimum Gasteiger partial charge on any atom is -0.394 e. The molecule has 0 aliphatic heterocycles. The molecule has 0 bridgehead atoms. The minimum absolute atomic E-state index is 0.115. The van der Waals surface area contributed by atoms with Crippen molar-refractivity contribution in [1.82, 2.24) is 10.5 Å². The Balaban J connectivity index is 1.57. The van der Waals surface area contributed by atoms with Gasteiger partial charge in [-0.3, -0.25) is 5.32 Å². The standard InChI is InChI=1S/C18H22N2O2/c21-12-18(10-9-13-5-1-3-7-15(13)18)19-11-16-14-6-2-4-8-17(14)22-20-16/h1,3,5,7,19,21H,2,4,6,8-12H2. The molecular weight excluding hydrogens is 276 g/mol. The number of rotatable bonds is 4. The first-order valence-corrected chi connectivity index (χ1v) is 8.23. The van der Waals surface area contributed by atoms with E-state index in [1.165, 1.54) is 29.5 Å². The molecule has 0 amide bonds. The summed E-state index contributed by atoms with van der Waals surface area (Å²) >= 11 is 0. The Kier molecular flexibility index (Phi) is 3.51. The zero-order valence-corrected chi connectivity index (χ0v) is 12.8. The van der Waals surface area contributed by atoms with Crippen molar-refractivity contribution in [3.05, 3.63) is 52.4 Å². The molecule has 0 radical (unpaired) electrons. The van der Waals surface area contributed by atoms with Gasteiger partial charge in [0.25, 0.3) is 0 Å². The van der Waals surface area contributed by atoms with E-state index in [4.69, 9.17) is 4.52 Å². The van der Waals surface area contributed by atoms with Crippen molar-refractivity contribution in [3.63, 3.8) is 0 Å². The van der Waals surface area contributed by atoms with Gasteiger partial charge >= 0.3 is 0 Å². The van der Waals surface area contributed by atoms with E-state index in [2.05, 4.69) is 28.7 Å². The van der Waals surface area contributed by atoms with Gasteiger partial charge in [0.15, 0.2) is 0 Å². The van der Waals surface area contributed by atoms with Gasteiger partial charge < -0.3 is 9.63 Å². The number of benzene rings is 1. The number of nitrogens with zero attached hydrogens (tertiary/aromatic N) is 1. The van der Waals surface area contributed by atoms with E-state index in [1.54, 1.807) is 0 Å². The Morgan fingerprint density at radius 1 is 1.18 bits per heavy atom. The Hall–Kier alpha value is -1.65. The average Bonchev–Trinajstić information content (AvgIpc) is 3.15. The Morgan fingerprint density at radius 2 is 2.05 bits per heavy atom. The molecule has 0 fully saturated rings. The molecule has 1 aromatic heterocycles. The number of aliphatic hydroxyl groups is 1. The molecule has 2 aromatic rings. The summed E-state index contributed by atoms with van der Waals surface area (Å²) in [6.45, 7) is 0.776. The van der Waals surface area contributed by atoms with Crippen molar-refractivity contribution >= 4 is 0 Å². The molecule has 1 aromatic carbocycles. The number of aryl methyl sites for hydroxylation is 2. The maximum Gasteiger partial charge on any atom is 0.140 e. The SMILES string of the molecule is OCC1(NCc2noc3c2CCCC3)CCc2ccccc21. The van der Waals surface area contributed by atoms with Crippen LogP contribution in [-0.2, 0) is 31.3 Å². The summed E-state index contributed by atoms with van der Waals surface area (Å²) in [5, 5.41) is 17.9. The second-order valence-electron chi connectivity index (χ2n) is 6.49. The molecule has 116 valence electrons. The van der Waals surface area contributed by atoms with Gasteiger partial charge in [0, 0.05) is 18.5 Å². The highest BCUT2D eigenvalue weighted by molar-refractivity contribution is 5.39. The van der Waals surface area contributed by atoms with Crippen LogP contribution in [0.1, 0.15) is 47.4 Å². The fourth-order valence-electron chi connectivity index (χ4n) is 3.93. The Bertz CT molecular complexity index is 679. The molecule has 4 rings (SSSR count). The van der Waals surface area contributed by atoms with Gasteiger partial charge in [0.2, 0.25) is 0 Å². The first-order chi connectivity index (χ1) is 10.8. The third-order valence-corrected chi connectivity index (χ3v) is 5.25. The molecule has 0 spiro atoms. The van der Waals surface area contributed by atoms with Crippen molar-refractivity contribution in [2.75, 3.05) is 6.61 Å². The molecule has 0 saturated heterocycles. The summed E-state index contributed by atoms with van der Waals surface area (Å²) in [6.07, 6.45) is 6.44. The number of aromatic nitrogens is 1. The van der Waals surface area contributed by atoms with Gasteiger partial charge in [-0.05, 0) is 43.2 Å². The molecule has 2 aliphatic rings. The maximum atomic E-state index is 10.0. The van der Waals surface area contributed by atoms with E-state index in [9.17, 15) is 5.11 Å². The largest absolute Gasteiger partial charge is 0.394 e. The Labute approximate surface area is 130 Å². The molecule has 22 heavy (non-hydrogen) atoms. The third-order valence-electron chi connectivity index (χ3n) is 5.25. The second kappa shape index (κ2) is 5.52. The fourth-order valence-corrected chi connectivity index (χ4v) is 3.93. The zero-order valence-electron chi connectivity index (χ0n) is 12.8. The van der Waals surface area contributed by atoms with Gasteiger partial charge in [-0.15, -0.1) is 0 Å². The van der Waals surface area contributed by atoms with Gasteiger partial charge in [-0.25, -0.2) is 0 Å². The second-order valence-corrected chi connectivity index (χ2v) is 6.49. The Morgan fingerprint density at radius 3 is 2.95 bits per heavy atom. The molecule has 4 nitrogen and oxygen atoms in total. The van der Waals surface area contributed by atoms with Crippen molar-refractivity contribution in [1.29, 1.82) is 0 Å². The zero-order chi connectivity index (χ0) is 15.0. The summed E-state index contributed by atoms with van der Waals surface area (Å²) in [6, 6.07) is 8.41. The van der Waals surface area contributed by atoms with Crippen LogP contribution in [-0.4, -0.2) is 16.9 Å². The molecule has 4 heteroatoms. The highest BCUT2D eigenvalue weighted by atomic mass is 16.5. The maximum absolute atomic E-state index is 10.0. The predicted octanol–water partition coefficient (Wildman–Crippen LogP) is 2.48. The van der Waals surface area contributed by atoms with Crippen molar-refractivity contribution in [2.24, 2.45) is 0 Å². The highest BCUT2D eigenvalue weighted by Gasteiger charge is 2.38. The normalized spacial score (nSPS) is 23.3. The van der Waals surface area contributed by atoms with Crippen LogP contribution in [0.4, 0.5) is 0 Å². The minimum atomic E-state index is -0.336. The van der Waals surface area contributed by atoms with Crippen molar-refractivity contribution in [3.8, 4) is 0 Å². The van der Waals surface area contributed by atoms with Crippen LogP contribution in [0.2, 0.25) is 0 Å². The van der Waals surface area contributed by atoms with E-state index in [0.717, 1.165) is 37.1 Å². The van der Waals surface area contributed by atoms with E-state index in [0.29, 0.717) is 6.54 Å². The summed E-state index contributed by atoms with van der Waals surface area (Å²) in [4.78, 5) is 0. The number of hydrogen-bond acceptors (Lipinski definition) is 4. The van der Waals surface area contributed by atoms with Gasteiger partial charge in [-0.2, -0.15) is 0 Å². The van der Waals surface area contributed by atoms with Gasteiger partial charge in [0.1, 0.15) is 11.5 Å². The van der Waals surface area contributed by atoms with Crippen LogP contribution in [0, 0.1) is 0 Å². The van der Waals surface area contributed by atoms with Gasteiger partial charge in [0.05, 0.1) is 12.1 Å². The van der Waals surface area contributed by atoms with E-state index in [-0.39, 0.29) is 12.1 Å². The van der Waals surface area contributed by atoms with Crippen LogP contribution >= 0.6 is 0 Å². The number of fused-ring (bicyclic) bond motifs is 2. The topological polar surface area (TPSA) is 58.3 Å². The van der Waals surface area contributed by atoms with Crippen LogP contribution in [0.5, 0.6) is 0 Å². The number of hydrogen-bond donors (Lipinski definition) is 2. The third kappa shape index (κ3) is 2.18. The monoisotopic (exact) mass is 298 g/mol. The highest BCUT2D eigenvalue weighted by Crippen LogP contribution is 2.37. The summed E-state index contributed by atoms with van der Waals surface area (Å²) in [7, 11) is 0. The van der Waals surface area contributed by atoms with E-state index in [1.807, 2.05) is 6.07 Å². The molecule has 2 N–H and O–H groups in total.